The number of morpholine rings is 1. The van der Waals surface area contributed by atoms with Crippen molar-refractivity contribution in [1.82, 2.24) is 13.5 Å². The highest BCUT2D eigenvalue weighted by Gasteiger charge is 2.41. The van der Waals surface area contributed by atoms with Crippen molar-refractivity contribution in [2.24, 2.45) is 0 Å². The summed E-state index contributed by atoms with van der Waals surface area (Å²) in [7, 11) is -3.33. The molecular formula is C18H33N3O4S. The summed E-state index contributed by atoms with van der Waals surface area (Å²) in [5.74, 6) is 0. The lowest BCUT2D eigenvalue weighted by Gasteiger charge is -2.39. The first-order valence-electron chi connectivity index (χ1n) is 10.3. The van der Waals surface area contributed by atoms with Gasteiger partial charge in [-0.3, -0.25) is 4.90 Å². The lowest BCUT2D eigenvalue weighted by Crippen LogP contribution is -2.55. The van der Waals surface area contributed by atoms with Gasteiger partial charge in [0.15, 0.2) is 0 Å². The molecule has 26 heavy (non-hydrogen) atoms. The van der Waals surface area contributed by atoms with E-state index < -0.39 is 10.2 Å². The van der Waals surface area contributed by atoms with Gasteiger partial charge in [-0.15, -0.1) is 0 Å². The van der Waals surface area contributed by atoms with Gasteiger partial charge in [-0.05, 0) is 25.7 Å². The Hall–Kier alpha value is -0.250. The summed E-state index contributed by atoms with van der Waals surface area (Å²) in [6, 6.07) is 0. The molecule has 8 heteroatoms. The molecule has 7 nitrogen and oxygen atoms in total. The molecule has 0 amide bonds. The van der Waals surface area contributed by atoms with E-state index in [1.165, 1.54) is 38.5 Å². The summed E-state index contributed by atoms with van der Waals surface area (Å²) >= 11 is 0. The number of hydrogen-bond donors (Lipinski definition) is 0. The van der Waals surface area contributed by atoms with Crippen LogP contribution in [0.2, 0.25) is 0 Å². The van der Waals surface area contributed by atoms with Crippen LogP contribution in [0.4, 0.5) is 0 Å². The van der Waals surface area contributed by atoms with E-state index in [0.717, 1.165) is 26.1 Å². The van der Waals surface area contributed by atoms with Crippen LogP contribution < -0.4 is 0 Å². The summed E-state index contributed by atoms with van der Waals surface area (Å²) < 4.78 is 40.5. The molecule has 1 spiro atoms. The first-order chi connectivity index (χ1) is 12.6. The van der Waals surface area contributed by atoms with Crippen LogP contribution in [-0.4, -0.2) is 92.7 Å². The molecule has 3 heterocycles. The topological polar surface area (TPSA) is 62.3 Å². The molecule has 4 aliphatic rings. The number of rotatable bonds is 4. The van der Waals surface area contributed by atoms with E-state index in [0.29, 0.717) is 45.5 Å². The molecule has 0 aromatic heterocycles. The molecule has 3 aliphatic heterocycles. The molecule has 4 rings (SSSR count). The Labute approximate surface area is 157 Å². The fourth-order valence-electron chi connectivity index (χ4n) is 4.96. The van der Waals surface area contributed by atoms with Gasteiger partial charge in [0, 0.05) is 45.8 Å². The zero-order valence-electron chi connectivity index (χ0n) is 15.8. The predicted molar refractivity (Wildman–Crippen MR) is 99.2 cm³/mol. The van der Waals surface area contributed by atoms with E-state index in [-0.39, 0.29) is 5.60 Å². The minimum absolute atomic E-state index is 0.171. The molecular weight excluding hydrogens is 354 g/mol. The molecule has 4 fully saturated rings. The van der Waals surface area contributed by atoms with Crippen LogP contribution in [0.25, 0.3) is 0 Å². The number of piperazine rings is 1. The number of nitrogens with zero attached hydrogens (tertiary/aromatic N) is 3. The molecule has 150 valence electrons. The van der Waals surface area contributed by atoms with Gasteiger partial charge in [-0.25, -0.2) is 0 Å². The molecule has 1 unspecified atom stereocenters. The molecule has 1 atom stereocenters. The van der Waals surface area contributed by atoms with E-state index in [2.05, 4.69) is 4.90 Å². The van der Waals surface area contributed by atoms with E-state index in [1.807, 2.05) is 0 Å². The Bertz CT molecular complexity index is 565. The summed E-state index contributed by atoms with van der Waals surface area (Å²) in [6.07, 6.45) is 9.14. The van der Waals surface area contributed by atoms with Gasteiger partial charge in [0.25, 0.3) is 10.2 Å². The highest BCUT2D eigenvalue weighted by molar-refractivity contribution is 7.86. The Morgan fingerprint density at radius 2 is 1.50 bits per heavy atom. The predicted octanol–water partition coefficient (Wildman–Crippen LogP) is 1.06. The number of ether oxygens (including phenoxy) is 2. The zero-order valence-corrected chi connectivity index (χ0v) is 16.6. The standard InChI is InChI=1S/C18H33N3O4S/c22-26(23,21-12-14-24-15-13-21)20-10-8-19(9-11-20)16-17-4-7-18(25-17)5-2-1-3-6-18/h17H,1-16H2. The maximum absolute atomic E-state index is 12.7. The third-order valence-corrected chi connectivity index (χ3v) is 8.55. The fraction of sp³-hybridized carbons (Fsp3) is 1.00. The molecule has 0 aromatic carbocycles. The van der Waals surface area contributed by atoms with Gasteiger partial charge < -0.3 is 9.47 Å². The van der Waals surface area contributed by atoms with Crippen molar-refractivity contribution in [2.75, 3.05) is 59.0 Å². The number of hydrogen-bond acceptors (Lipinski definition) is 5. The van der Waals surface area contributed by atoms with Crippen molar-refractivity contribution in [2.45, 2.75) is 56.7 Å². The van der Waals surface area contributed by atoms with Crippen LogP contribution in [0.1, 0.15) is 44.9 Å². The average Bonchev–Trinajstić information content (AvgIpc) is 3.05. The van der Waals surface area contributed by atoms with Crippen LogP contribution in [-0.2, 0) is 19.7 Å². The lowest BCUT2D eigenvalue weighted by atomic mass is 9.83. The first-order valence-corrected chi connectivity index (χ1v) is 11.7. The van der Waals surface area contributed by atoms with Crippen LogP contribution in [0.5, 0.6) is 0 Å². The summed E-state index contributed by atoms with van der Waals surface area (Å²) in [4.78, 5) is 2.39. The summed E-state index contributed by atoms with van der Waals surface area (Å²) in [6.45, 7) is 5.66. The highest BCUT2D eigenvalue weighted by Crippen LogP contribution is 2.42. The second-order valence-electron chi connectivity index (χ2n) is 8.24. The Kier molecular flexibility index (Phi) is 5.88. The van der Waals surface area contributed by atoms with Crippen LogP contribution in [0.15, 0.2) is 0 Å². The molecule has 0 radical (unpaired) electrons. The quantitative estimate of drug-likeness (QED) is 0.722. The molecule has 3 saturated heterocycles. The van der Waals surface area contributed by atoms with Gasteiger partial charge in [-0.1, -0.05) is 19.3 Å². The Balaban J connectivity index is 1.25. The fourth-order valence-corrected chi connectivity index (χ4v) is 6.52. The Morgan fingerprint density at radius 1 is 0.846 bits per heavy atom. The average molecular weight is 388 g/mol. The van der Waals surface area contributed by atoms with E-state index in [9.17, 15) is 8.42 Å². The van der Waals surface area contributed by atoms with Crippen molar-refractivity contribution in [3.05, 3.63) is 0 Å². The van der Waals surface area contributed by atoms with Crippen molar-refractivity contribution in [1.29, 1.82) is 0 Å². The van der Waals surface area contributed by atoms with Crippen molar-refractivity contribution in [3.63, 3.8) is 0 Å². The molecule has 0 N–H and O–H groups in total. The third kappa shape index (κ3) is 4.10. The highest BCUT2D eigenvalue weighted by atomic mass is 32.2. The monoisotopic (exact) mass is 387 g/mol. The second kappa shape index (κ2) is 8.01. The smallest absolute Gasteiger partial charge is 0.282 e. The molecule has 0 aromatic rings. The summed E-state index contributed by atoms with van der Waals surface area (Å²) in [5, 5.41) is 0. The molecule has 0 bridgehead atoms. The summed E-state index contributed by atoms with van der Waals surface area (Å²) in [5.41, 5.74) is 0.171. The minimum Gasteiger partial charge on any atom is -0.379 e. The third-order valence-electron chi connectivity index (χ3n) is 6.52. The maximum atomic E-state index is 12.7. The Morgan fingerprint density at radius 3 is 2.19 bits per heavy atom. The van der Waals surface area contributed by atoms with E-state index in [4.69, 9.17) is 9.47 Å². The van der Waals surface area contributed by atoms with Gasteiger partial charge in [0.05, 0.1) is 24.9 Å². The van der Waals surface area contributed by atoms with E-state index >= 15 is 0 Å². The zero-order chi connectivity index (χ0) is 18.0. The molecule has 1 saturated carbocycles. The molecule has 1 aliphatic carbocycles. The largest absolute Gasteiger partial charge is 0.379 e. The first kappa shape index (κ1) is 19.1. The van der Waals surface area contributed by atoms with Crippen LogP contribution >= 0.6 is 0 Å². The van der Waals surface area contributed by atoms with Gasteiger partial charge in [0.2, 0.25) is 0 Å². The van der Waals surface area contributed by atoms with Gasteiger partial charge in [-0.2, -0.15) is 17.0 Å². The van der Waals surface area contributed by atoms with Gasteiger partial charge >= 0.3 is 0 Å². The van der Waals surface area contributed by atoms with Crippen molar-refractivity contribution >= 4 is 10.2 Å². The van der Waals surface area contributed by atoms with E-state index in [1.54, 1.807) is 8.61 Å². The second-order valence-corrected chi connectivity index (χ2v) is 10.2. The normalized spacial score (nSPS) is 32.2. The van der Waals surface area contributed by atoms with Crippen LogP contribution in [0, 0.1) is 0 Å². The lowest BCUT2D eigenvalue weighted by molar-refractivity contribution is -0.0733. The SMILES string of the molecule is O=S(=O)(N1CCOCC1)N1CCN(CC2CCC3(CCCCC3)O2)CC1. The minimum atomic E-state index is -3.33. The van der Waals surface area contributed by atoms with Crippen LogP contribution in [0.3, 0.4) is 0 Å². The van der Waals surface area contributed by atoms with Crippen molar-refractivity contribution in [3.8, 4) is 0 Å². The van der Waals surface area contributed by atoms with Gasteiger partial charge in [0.1, 0.15) is 0 Å². The van der Waals surface area contributed by atoms with Crippen molar-refractivity contribution < 1.29 is 17.9 Å². The maximum Gasteiger partial charge on any atom is 0.282 e.